The summed E-state index contributed by atoms with van der Waals surface area (Å²) in [6.07, 6.45) is 0.702. The van der Waals surface area contributed by atoms with E-state index >= 15 is 0 Å². The molecule has 4 aromatic rings. The Morgan fingerprint density at radius 2 is 1.46 bits per heavy atom. The van der Waals surface area contributed by atoms with Crippen LogP contribution in [0.25, 0.3) is 11.3 Å². The molecule has 1 heterocycles. The molecule has 1 amide bonds. The second-order valence-corrected chi connectivity index (χ2v) is 8.95. The first-order valence-electron chi connectivity index (χ1n) is 11.6. The summed E-state index contributed by atoms with van der Waals surface area (Å²) in [6.45, 7) is 3.76. The van der Waals surface area contributed by atoms with Crippen LogP contribution in [0.5, 0.6) is 0 Å². The predicted molar refractivity (Wildman–Crippen MR) is 136 cm³/mol. The van der Waals surface area contributed by atoms with Crippen LogP contribution in [-0.4, -0.2) is 22.2 Å². The number of carbonyl (C=O) groups is 1. The standard InChI is InChI=1S/C29H28FN3O2/c1-29(2,33-27(34)18-17-26(32-33)23-13-15-24(30)16-14-23)28(35)31-20-19-25(21-9-5-3-6-10-21)22-11-7-4-8-12-22/h3-18,25H,19-20H2,1-2H3,(H,31,35). The zero-order chi connectivity index (χ0) is 24.8. The molecule has 0 atom stereocenters. The number of hydrogen-bond acceptors (Lipinski definition) is 3. The van der Waals surface area contributed by atoms with Gasteiger partial charge in [0, 0.05) is 24.1 Å². The molecule has 5 nitrogen and oxygen atoms in total. The quantitative estimate of drug-likeness (QED) is 0.389. The molecule has 4 rings (SSSR count). The van der Waals surface area contributed by atoms with Gasteiger partial charge in [-0.1, -0.05) is 60.7 Å². The Bertz CT molecular complexity index is 1290. The van der Waals surface area contributed by atoms with Gasteiger partial charge in [0.25, 0.3) is 5.56 Å². The van der Waals surface area contributed by atoms with Crippen LogP contribution in [0.1, 0.15) is 37.3 Å². The minimum absolute atomic E-state index is 0.128. The number of halogens is 1. The van der Waals surface area contributed by atoms with Crippen molar-refractivity contribution in [1.29, 1.82) is 0 Å². The highest BCUT2D eigenvalue weighted by Crippen LogP contribution is 2.27. The molecule has 1 N–H and O–H groups in total. The molecule has 1 aromatic heterocycles. The van der Waals surface area contributed by atoms with E-state index in [1.165, 1.54) is 34.0 Å². The van der Waals surface area contributed by atoms with Crippen LogP contribution in [0.15, 0.2) is 102 Å². The molecule has 0 unspecified atom stereocenters. The molecule has 0 aliphatic rings. The Morgan fingerprint density at radius 1 is 0.886 bits per heavy atom. The number of benzene rings is 3. The number of hydrogen-bond donors (Lipinski definition) is 1. The van der Waals surface area contributed by atoms with Gasteiger partial charge in [0.2, 0.25) is 5.91 Å². The molecular formula is C29H28FN3O2. The summed E-state index contributed by atoms with van der Waals surface area (Å²) in [5, 5.41) is 7.42. The van der Waals surface area contributed by atoms with Gasteiger partial charge in [-0.05, 0) is 61.7 Å². The number of rotatable bonds is 8. The number of amides is 1. The number of aromatic nitrogens is 2. The van der Waals surface area contributed by atoms with Crippen molar-refractivity contribution in [2.24, 2.45) is 0 Å². The predicted octanol–water partition coefficient (Wildman–Crippen LogP) is 5.12. The van der Waals surface area contributed by atoms with E-state index in [2.05, 4.69) is 34.7 Å². The van der Waals surface area contributed by atoms with Crippen molar-refractivity contribution in [3.8, 4) is 11.3 Å². The number of nitrogens with one attached hydrogen (secondary N) is 1. The molecule has 0 spiro atoms. The van der Waals surface area contributed by atoms with Crippen molar-refractivity contribution >= 4 is 5.91 Å². The smallest absolute Gasteiger partial charge is 0.267 e. The van der Waals surface area contributed by atoms with Crippen molar-refractivity contribution in [3.05, 3.63) is 124 Å². The Morgan fingerprint density at radius 3 is 2.03 bits per heavy atom. The molecule has 0 fully saturated rings. The largest absolute Gasteiger partial charge is 0.354 e. The number of nitrogens with zero attached hydrogens (tertiary/aromatic N) is 2. The van der Waals surface area contributed by atoms with Gasteiger partial charge in [0.05, 0.1) is 5.69 Å². The van der Waals surface area contributed by atoms with E-state index in [0.29, 0.717) is 24.2 Å². The average molecular weight is 470 g/mol. The van der Waals surface area contributed by atoms with Gasteiger partial charge >= 0.3 is 0 Å². The van der Waals surface area contributed by atoms with Gasteiger partial charge in [0.1, 0.15) is 11.4 Å². The van der Waals surface area contributed by atoms with E-state index in [-0.39, 0.29) is 23.2 Å². The molecule has 3 aromatic carbocycles. The molecule has 0 bridgehead atoms. The van der Waals surface area contributed by atoms with Crippen LogP contribution in [0, 0.1) is 5.82 Å². The monoisotopic (exact) mass is 469 g/mol. The fourth-order valence-electron chi connectivity index (χ4n) is 4.13. The summed E-state index contributed by atoms with van der Waals surface area (Å²) in [5.41, 5.74) is 1.89. The lowest BCUT2D eigenvalue weighted by molar-refractivity contribution is -0.129. The summed E-state index contributed by atoms with van der Waals surface area (Å²) < 4.78 is 14.5. The van der Waals surface area contributed by atoms with Crippen molar-refractivity contribution in [3.63, 3.8) is 0 Å². The van der Waals surface area contributed by atoms with E-state index in [0.717, 1.165) is 0 Å². The van der Waals surface area contributed by atoms with E-state index in [1.54, 1.807) is 32.0 Å². The number of carbonyl (C=O) groups excluding carboxylic acids is 1. The van der Waals surface area contributed by atoms with Crippen LogP contribution in [-0.2, 0) is 10.3 Å². The van der Waals surface area contributed by atoms with Crippen LogP contribution < -0.4 is 10.9 Å². The fraction of sp³-hybridized carbons (Fsp3) is 0.207. The lowest BCUT2D eigenvalue weighted by Crippen LogP contribution is -2.50. The fourth-order valence-corrected chi connectivity index (χ4v) is 4.13. The van der Waals surface area contributed by atoms with Gasteiger partial charge in [0.15, 0.2) is 0 Å². The SMILES string of the molecule is CC(C)(C(=O)NCCC(c1ccccc1)c1ccccc1)n1nc(-c2ccc(F)cc2)ccc1=O. The molecule has 178 valence electrons. The molecule has 0 aliphatic carbocycles. The first-order valence-corrected chi connectivity index (χ1v) is 11.6. The van der Waals surface area contributed by atoms with E-state index in [4.69, 9.17) is 0 Å². The summed E-state index contributed by atoms with van der Waals surface area (Å²) in [6, 6.07) is 29.2. The summed E-state index contributed by atoms with van der Waals surface area (Å²) >= 11 is 0. The van der Waals surface area contributed by atoms with Gasteiger partial charge < -0.3 is 5.32 Å². The summed E-state index contributed by atoms with van der Waals surface area (Å²) in [4.78, 5) is 25.8. The van der Waals surface area contributed by atoms with Crippen LogP contribution in [0.2, 0.25) is 0 Å². The van der Waals surface area contributed by atoms with Gasteiger partial charge in [-0.2, -0.15) is 5.10 Å². The third-order valence-electron chi connectivity index (χ3n) is 6.15. The van der Waals surface area contributed by atoms with Crippen molar-refractivity contribution in [2.75, 3.05) is 6.54 Å². The first kappa shape index (κ1) is 24.1. The average Bonchev–Trinajstić information content (AvgIpc) is 2.88. The highest BCUT2D eigenvalue weighted by atomic mass is 19.1. The zero-order valence-corrected chi connectivity index (χ0v) is 19.8. The maximum absolute atomic E-state index is 13.3. The van der Waals surface area contributed by atoms with Crippen LogP contribution in [0.4, 0.5) is 4.39 Å². The Balaban J connectivity index is 1.51. The second kappa shape index (κ2) is 10.5. The van der Waals surface area contributed by atoms with Crippen molar-refractivity contribution < 1.29 is 9.18 Å². The van der Waals surface area contributed by atoms with Gasteiger partial charge in [-0.3, -0.25) is 9.59 Å². The Kier molecular flexibility index (Phi) is 7.20. The van der Waals surface area contributed by atoms with Gasteiger partial charge in [-0.25, -0.2) is 9.07 Å². The zero-order valence-electron chi connectivity index (χ0n) is 19.8. The first-order chi connectivity index (χ1) is 16.9. The highest BCUT2D eigenvalue weighted by Gasteiger charge is 2.32. The second-order valence-electron chi connectivity index (χ2n) is 8.95. The molecule has 6 heteroatoms. The molecule has 0 radical (unpaired) electrons. The van der Waals surface area contributed by atoms with Crippen LogP contribution in [0.3, 0.4) is 0 Å². The van der Waals surface area contributed by atoms with E-state index in [9.17, 15) is 14.0 Å². The van der Waals surface area contributed by atoms with Gasteiger partial charge in [-0.15, -0.1) is 0 Å². The topological polar surface area (TPSA) is 64.0 Å². The Labute approximate surface area is 204 Å². The van der Waals surface area contributed by atoms with E-state index in [1.807, 2.05) is 36.4 Å². The Hall–Kier alpha value is -4.06. The minimum Gasteiger partial charge on any atom is -0.354 e. The molecular weight excluding hydrogens is 441 g/mol. The lowest BCUT2D eigenvalue weighted by Gasteiger charge is -2.26. The summed E-state index contributed by atoms with van der Waals surface area (Å²) in [5.74, 6) is -0.530. The van der Waals surface area contributed by atoms with E-state index < -0.39 is 5.54 Å². The minimum atomic E-state index is -1.22. The maximum atomic E-state index is 13.3. The third kappa shape index (κ3) is 5.54. The highest BCUT2D eigenvalue weighted by molar-refractivity contribution is 5.83. The van der Waals surface area contributed by atoms with Crippen LogP contribution >= 0.6 is 0 Å². The normalized spacial score (nSPS) is 11.4. The summed E-state index contributed by atoms with van der Waals surface area (Å²) in [7, 11) is 0. The molecule has 0 saturated heterocycles. The molecule has 35 heavy (non-hydrogen) atoms. The third-order valence-corrected chi connectivity index (χ3v) is 6.15. The van der Waals surface area contributed by atoms with Crippen molar-refractivity contribution in [1.82, 2.24) is 15.1 Å². The van der Waals surface area contributed by atoms with Crippen molar-refractivity contribution in [2.45, 2.75) is 31.7 Å². The molecule has 0 aliphatic heterocycles. The maximum Gasteiger partial charge on any atom is 0.267 e. The lowest BCUT2D eigenvalue weighted by atomic mass is 9.88. The molecule has 0 saturated carbocycles.